The van der Waals surface area contributed by atoms with Crippen molar-refractivity contribution in [3.63, 3.8) is 0 Å². The van der Waals surface area contributed by atoms with Crippen molar-refractivity contribution in [1.29, 1.82) is 0 Å². The maximum atomic E-state index is 13.1. The van der Waals surface area contributed by atoms with Crippen molar-refractivity contribution in [3.05, 3.63) is 29.8 Å². The van der Waals surface area contributed by atoms with E-state index in [-0.39, 0.29) is 24.6 Å². The summed E-state index contributed by atoms with van der Waals surface area (Å²) < 4.78 is 31.2. The van der Waals surface area contributed by atoms with Gasteiger partial charge in [0, 0.05) is 32.1 Å². The summed E-state index contributed by atoms with van der Waals surface area (Å²) in [5.41, 5.74) is 0. The molecule has 1 atom stereocenters. The first-order valence-electron chi connectivity index (χ1n) is 8.14. The van der Waals surface area contributed by atoms with E-state index in [2.05, 4.69) is 5.32 Å². The van der Waals surface area contributed by atoms with Gasteiger partial charge in [-0.3, -0.25) is 9.59 Å². The second kappa shape index (κ2) is 8.61. The zero-order chi connectivity index (χ0) is 17.5. The number of halogens is 2. The van der Waals surface area contributed by atoms with Crippen LogP contribution in [0.4, 0.5) is 8.78 Å². The van der Waals surface area contributed by atoms with Crippen LogP contribution >= 0.6 is 0 Å². The third-order valence-corrected chi connectivity index (χ3v) is 3.92. The van der Waals surface area contributed by atoms with E-state index in [1.807, 2.05) is 4.90 Å². The van der Waals surface area contributed by atoms with Gasteiger partial charge in [0.1, 0.15) is 5.75 Å². The molecule has 1 aromatic carbocycles. The molecule has 0 saturated carbocycles. The summed E-state index contributed by atoms with van der Waals surface area (Å²) in [4.78, 5) is 25.7. The Morgan fingerprint density at radius 3 is 2.58 bits per heavy atom. The van der Waals surface area contributed by atoms with E-state index in [9.17, 15) is 18.4 Å². The van der Waals surface area contributed by atoms with Crippen LogP contribution in [0.15, 0.2) is 18.2 Å². The zero-order valence-corrected chi connectivity index (χ0v) is 13.7. The average Bonchev–Trinajstić information content (AvgIpc) is 2.58. The average molecular weight is 340 g/mol. The second-order valence-electron chi connectivity index (χ2n) is 5.82. The van der Waals surface area contributed by atoms with Gasteiger partial charge in [0.2, 0.25) is 5.91 Å². The molecular formula is C17H22F2N2O3. The van der Waals surface area contributed by atoms with Crippen LogP contribution in [0.5, 0.6) is 5.75 Å². The minimum absolute atomic E-state index is 0.0316. The van der Waals surface area contributed by atoms with Crippen LogP contribution in [0.2, 0.25) is 0 Å². The molecule has 2 rings (SSSR count). The highest BCUT2D eigenvalue weighted by atomic mass is 19.2. The van der Waals surface area contributed by atoms with Gasteiger partial charge in [-0.15, -0.1) is 0 Å². The Bertz CT molecular complexity index is 589. The number of hydrogen-bond acceptors (Lipinski definition) is 3. The molecule has 1 saturated heterocycles. The Morgan fingerprint density at radius 2 is 1.92 bits per heavy atom. The third kappa shape index (κ3) is 5.18. The number of rotatable bonds is 6. The number of ether oxygens (including phenoxy) is 1. The molecule has 2 amide bonds. The van der Waals surface area contributed by atoms with Crippen LogP contribution < -0.4 is 10.1 Å². The molecule has 0 aromatic heterocycles. The van der Waals surface area contributed by atoms with Crippen LogP contribution in [0, 0.1) is 11.6 Å². The van der Waals surface area contributed by atoms with Gasteiger partial charge < -0.3 is 15.0 Å². The van der Waals surface area contributed by atoms with Crippen molar-refractivity contribution in [2.24, 2.45) is 0 Å². The monoisotopic (exact) mass is 340 g/mol. The minimum atomic E-state index is -1.03. The van der Waals surface area contributed by atoms with Crippen molar-refractivity contribution in [3.8, 4) is 5.75 Å². The molecule has 1 aliphatic heterocycles. The number of carbonyl (C=O) groups excluding carboxylic acids is 2. The van der Waals surface area contributed by atoms with E-state index in [1.54, 1.807) is 0 Å². The lowest BCUT2D eigenvalue weighted by Gasteiger charge is -2.26. The predicted octanol–water partition coefficient (Wildman–Crippen LogP) is 2.25. The van der Waals surface area contributed by atoms with Gasteiger partial charge in [-0.25, -0.2) is 8.78 Å². The first-order chi connectivity index (χ1) is 11.5. The highest BCUT2D eigenvalue weighted by molar-refractivity contribution is 5.82. The van der Waals surface area contributed by atoms with Crippen LogP contribution in [0.25, 0.3) is 0 Å². The first-order valence-corrected chi connectivity index (χ1v) is 8.14. The zero-order valence-electron chi connectivity index (χ0n) is 13.7. The summed E-state index contributed by atoms with van der Waals surface area (Å²) in [6, 6.07) is 3.08. The quantitative estimate of drug-likeness (QED) is 0.864. The third-order valence-electron chi connectivity index (χ3n) is 3.92. The Labute approximate surface area is 140 Å². The lowest BCUT2D eigenvalue weighted by molar-refractivity contribution is -0.132. The van der Waals surface area contributed by atoms with Crippen molar-refractivity contribution in [2.45, 2.75) is 38.7 Å². The maximum Gasteiger partial charge on any atom is 0.260 e. The molecule has 1 aromatic rings. The van der Waals surface area contributed by atoms with E-state index in [0.29, 0.717) is 0 Å². The highest BCUT2D eigenvalue weighted by Crippen LogP contribution is 2.16. The summed E-state index contributed by atoms with van der Waals surface area (Å²) >= 11 is 0. The molecule has 1 fully saturated rings. The van der Waals surface area contributed by atoms with E-state index < -0.39 is 23.6 Å². The number of likely N-dealkylation sites (tertiary alicyclic amines) is 1. The summed E-state index contributed by atoms with van der Waals surface area (Å²) in [6.45, 7) is 3.29. The first kappa shape index (κ1) is 18.2. The minimum Gasteiger partial charge on any atom is -0.481 e. The Kier molecular flexibility index (Phi) is 6.52. The number of benzene rings is 1. The fourth-order valence-electron chi connectivity index (χ4n) is 2.55. The molecule has 24 heavy (non-hydrogen) atoms. The lowest BCUT2D eigenvalue weighted by atomic mass is 10.1. The Hall–Kier alpha value is -2.18. The number of piperidine rings is 1. The van der Waals surface area contributed by atoms with Crippen LogP contribution in [0.3, 0.4) is 0 Å². The molecule has 0 radical (unpaired) electrons. The number of amides is 2. The smallest absolute Gasteiger partial charge is 0.260 e. The van der Waals surface area contributed by atoms with Gasteiger partial charge in [0.15, 0.2) is 17.7 Å². The molecule has 5 nitrogen and oxygen atoms in total. The predicted molar refractivity (Wildman–Crippen MR) is 84.5 cm³/mol. The van der Waals surface area contributed by atoms with Gasteiger partial charge in [0.05, 0.1) is 0 Å². The topological polar surface area (TPSA) is 58.6 Å². The molecule has 132 valence electrons. The van der Waals surface area contributed by atoms with Gasteiger partial charge in [-0.05, 0) is 38.3 Å². The normalized spacial score (nSPS) is 15.7. The van der Waals surface area contributed by atoms with Crippen molar-refractivity contribution >= 4 is 11.8 Å². The standard InChI is InChI=1S/C17H22F2N2O3/c1-12(24-13-5-6-14(18)15(19)11-13)17(23)20-8-7-16(22)21-9-3-2-4-10-21/h5-6,11-12H,2-4,7-10H2,1H3,(H,20,23)/t12-/m1/s1. The van der Waals surface area contributed by atoms with Crippen LogP contribution in [0.1, 0.15) is 32.6 Å². The largest absolute Gasteiger partial charge is 0.481 e. The molecule has 0 aliphatic carbocycles. The lowest BCUT2D eigenvalue weighted by Crippen LogP contribution is -2.40. The SMILES string of the molecule is C[C@@H](Oc1ccc(F)c(F)c1)C(=O)NCCC(=O)N1CCCCC1. The van der Waals surface area contributed by atoms with E-state index in [4.69, 9.17) is 4.74 Å². The number of hydrogen-bond donors (Lipinski definition) is 1. The number of nitrogens with one attached hydrogen (secondary N) is 1. The number of carbonyl (C=O) groups is 2. The second-order valence-corrected chi connectivity index (χ2v) is 5.82. The van der Waals surface area contributed by atoms with E-state index >= 15 is 0 Å². The van der Waals surface area contributed by atoms with E-state index in [0.717, 1.165) is 44.5 Å². The fraction of sp³-hybridized carbons (Fsp3) is 0.529. The molecular weight excluding hydrogens is 318 g/mol. The molecule has 1 aliphatic rings. The van der Waals surface area contributed by atoms with Gasteiger partial charge in [0.25, 0.3) is 5.91 Å². The van der Waals surface area contributed by atoms with Crippen molar-refractivity contribution < 1.29 is 23.1 Å². The van der Waals surface area contributed by atoms with Crippen molar-refractivity contribution in [2.75, 3.05) is 19.6 Å². The molecule has 0 bridgehead atoms. The fourth-order valence-corrected chi connectivity index (χ4v) is 2.55. The van der Waals surface area contributed by atoms with Gasteiger partial charge in [-0.1, -0.05) is 0 Å². The molecule has 0 unspecified atom stereocenters. The summed E-state index contributed by atoms with van der Waals surface area (Å²) in [5, 5.41) is 2.62. The molecule has 7 heteroatoms. The Morgan fingerprint density at radius 1 is 1.21 bits per heavy atom. The summed E-state index contributed by atoms with van der Waals surface area (Å²) in [5.74, 6) is -2.32. The van der Waals surface area contributed by atoms with Crippen molar-refractivity contribution in [1.82, 2.24) is 10.2 Å². The molecule has 1 N–H and O–H groups in total. The van der Waals surface area contributed by atoms with Crippen LogP contribution in [-0.4, -0.2) is 42.5 Å². The number of nitrogens with zero attached hydrogens (tertiary/aromatic N) is 1. The van der Waals surface area contributed by atoms with E-state index in [1.165, 1.54) is 13.0 Å². The molecule has 0 spiro atoms. The van der Waals surface area contributed by atoms with Gasteiger partial charge >= 0.3 is 0 Å². The van der Waals surface area contributed by atoms with Crippen LogP contribution in [-0.2, 0) is 9.59 Å². The summed E-state index contributed by atoms with van der Waals surface area (Å²) in [7, 11) is 0. The highest BCUT2D eigenvalue weighted by Gasteiger charge is 2.18. The summed E-state index contributed by atoms with van der Waals surface area (Å²) in [6.07, 6.45) is 2.57. The molecule has 1 heterocycles. The Balaban J connectivity index is 1.73. The van der Waals surface area contributed by atoms with Gasteiger partial charge in [-0.2, -0.15) is 0 Å². The maximum absolute atomic E-state index is 13.1.